The van der Waals surface area contributed by atoms with Crippen LogP contribution in [0, 0.1) is 0 Å². The molecule has 1 aliphatic heterocycles. The van der Waals surface area contributed by atoms with Gasteiger partial charge in [-0.05, 0) is 72.9 Å². The molecule has 0 spiro atoms. The average molecular weight is 426 g/mol. The Kier molecular flexibility index (Phi) is 7.36. The van der Waals surface area contributed by atoms with Crippen LogP contribution >= 0.6 is 0 Å². The minimum atomic E-state index is -0.287. The predicted octanol–water partition coefficient (Wildman–Crippen LogP) is 4.90. The molecular formula is C26H32FNO3. The Labute approximate surface area is 184 Å². The van der Waals surface area contributed by atoms with Crippen molar-refractivity contribution in [2.24, 2.45) is 0 Å². The standard InChI is InChI=1S/C26H32FNO3/c1-30-26(29)21-9-12-25-20(17-21)5-2-3-6-24(25)19-7-10-22(11-8-19)31-23-13-16-28(18-23)15-4-14-27/h6-10,12,17,22-23H,2-5,11,13-16,18H2,1H3/t22?,23-/m0/s1. The molecule has 166 valence electrons. The van der Waals surface area contributed by atoms with Gasteiger partial charge in [-0.15, -0.1) is 0 Å². The molecular weight excluding hydrogens is 393 g/mol. The number of hydrogen-bond acceptors (Lipinski definition) is 4. The summed E-state index contributed by atoms with van der Waals surface area (Å²) in [5, 5.41) is 0. The summed E-state index contributed by atoms with van der Waals surface area (Å²) in [6, 6.07) is 5.90. The van der Waals surface area contributed by atoms with Crippen LogP contribution in [0.2, 0.25) is 0 Å². The zero-order valence-electron chi connectivity index (χ0n) is 18.3. The zero-order valence-corrected chi connectivity index (χ0v) is 18.3. The summed E-state index contributed by atoms with van der Waals surface area (Å²) in [6.45, 7) is 2.48. The lowest BCUT2D eigenvalue weighted by molar-refractivity contribution is 0.0202. The number of allylic oxidation sites excluding steroid dienone is 4. The van der Waals surface area contributed by atoms with Crippen molar-refractivity contribution >= 4 is 11.5 Å². The van der Waals surface area contributed by atoms with Gasteiger partial charge in [0.25, 0.3) is 0 Å². The van der Waals surface area contributed by atoms with E-state index >= 15 is 0 Å². The number of nitrogens with zero attached hydrogens (tertiary/aromatic N) is 1. The van der Waals surface area contributed by atoms with Gasteiger partial charge in [-0.1, -0.05) is 30.4 Å². The molecule has 1 heterocycles. The molecule has 1 unspecified atom stereocenters. The van der Waals surface area contributed by atoms with E-state index in [0.29, 0.717) is 12.0 Å². The number of rotatable bonds is 7. The Balaban J connectivity index is 1.40. The summed E-state index contributed by atoms with van der Waals surface area (Å²) in [5.74, 6) is -0.287. The van der Waals surface area contributed by atoms with Gasteiger partial charge in [-0.25, -0.2) is 4.79 Å². The lowest BCUT2D eigenvalue weighted by Gasteiger charge is -2.23. The topological polar surface area (TPSA) is 38.8 Å². The van der Waals surface area contributed by atoms with Gasteiger partial charge < -0.3 is 14.4 Å². The number of fused-ring (bicyclic) bond motifs is 1. The van der Waals surface area contributed by atoms with Gasteiger partial charge in [0.2, 0.25) is 0 Å². The zero-order chi connectivity index (χ0) is 21.6. The molecule has 1 saturated heterocycles. The van der Waals surface area contributed by atoms with Crippen LogP contribution < -0.4 is 0 Å². The van der Waals surface area contributed by atoms with Crippen molar-refractivity contribution in [3.63, 3.8) is 0 Å². The SMILES string of the molecule is COC(=O)c1ccc2c(c1)CCCC=C2C1=CCC(O[C@H]2CCN(CCCF)C2)C=C1. The Hall–Kier alpha value is -2.24. The molecule has 1 aromatic rings. The minimum Gasteiger partial charge on any atom is -0.465 e. The average Bonchev–Trinajstić information content (AvgIpc) is 3.14. The summed E-state index contributed by atoms with van der Waals surface area (Å²) >= 11 is 0. The molecule has 0 radical (unpaired) electrons. The Morgan fingerprint density at radius 1 is 1.29 bits per heavy atom. The van der Waals surface area contributed by atoms with E-state index < -0.39 is 0 Å². The van der Waals surface area contributed by atoms with Gasteiger partial charge in [0.1, 0.15) is 0 Å². The molecule has 1 aromatic carbocycles. The third-order valence-electron chi connectivity index (χ3n) is 6.39. The first-order chi connectivity index (χ1) is 15.2. The fourth-order valence-electron chi connectivity index (χ4n) is 4.77. The van der Waals surface area contributed by atoms with Crippen molar-refractivity contribution in [3.05, 3.63) is 64.8 Å². The number of ether oxygens (including phenoxy) is 2. The first-order valence-corrected chi connectivity index (χ1v) is 11.4. The number of alkyl halides is 1. The van der Waals surface area contributed by atoms with Gasteiger partial charge >= 0.3 is 5.97 Å². The number of esters is 1. The van der Waals surface area contributed by atoms with E-state index in [2.05, 4.69) is 35.3 Å². The molecule has 31 heavy (non-hydrogen) atoms. The maximum atomic E-state index is 12.4. The van der Waals surface area contributed by atoms with E-state index in [1.54, 1.807) is 0 Å². The van der Waals surface area contributed by atoms with Crippen molar-refractivity contribution in [3.8, 4) is 0 Å². The number of benzene rings is 1. The van der Waals surface area contributed by atoms with Crippen molar-refractivity contribution in [2.75, 3.05) is 33.4 Å². The Morgan fingerprint density at radius 3 is 2.97 bits per heavy atom. The van der Waals surface area contributed by atoms with Crippen LogP contribution in [0.1, 0.15) is 53.6 Å². The molecule has 3 aliphatic rings. The number of hydrogen-bond donors (Lipinski definition) is 0. The van der Waals surface area contributed by atoms with Crippen molar-refractivity contribution < 1.29 is 18.7 Å². The largest absolute Gasteiger partial charge is 0.465 e. The fraction of sp³-hybridized carbons (Fsp3) is 0.500. The molecule has 5 heteroatoms. The highest BCUT2D eigenvalue weighted by atomic mass is 19.1. The number of likely N-dealkylation sites (tertiary alicyclic amines) is 1. The van der Waals surface area contributed by atoms with Crippen LogP contribution in [0.15, 0.2) is 48.1 Å². The van der Waals surface area contributed by atoms with Crippen LogP contribution in [-0.2, 0) is 15.9 Å². The third kappa shape index (κ3) is 5.34. The minimum absolute atomic E-state index is 0.0995. The second kappa shape index (κ2) is 10.4. The summed E-state index contributed by atoms with van der Waals surface area (Å²) in [6.07, 6.45) is 14.8. The van der Waals surface area contributed by atoms with Gasteiger partial charge in [-0.2, -0.15) is 0 Å². The third-order valence-corrected chi connectivity index (χ3v) is 6.39. The smallest absolute Gasteiger partial charge is 0.337 e. The molecule has 1 fully saturated rings. The summed E-state index contributed by atoms with van der Waals surface area (Å²) in [7, 11) is 1.42. The number of halogens is 1. The highest BCUT2D eigenvalue weighted by molar-refractivity contribution is 5.91. The Morgan fingerprint density at radius 2 is 2.19 bits per heavy atom. The van der Waals surface area contributed by atoms with E-state index in [1.165, 1.54) is 29.4 Å². The Bertz CT molecular complexity index is 889. The lowest BCUT2D eigenvalue weighted by Crippen LogP contribution is -2.27. The normalized spacial score (nSPS) is 23.7. The summed E-state index contributed by atoms with van der Waals surface area (Å²) < 4.78 is 23.6. The van der Waals surface area contributed by atoms with Crippen molar-refractivity contribution in [1.29, 1.82) is 0 Å². The van der Waals surface area contributed by atoms with Crippen LogP contribution in [0.3, 0.4) is 0 Å². The maximum absolute atomic E-state index is 12.4. The molecule has 0 aromatic heterocycles. The first-order valence-electron chi connectivity index (χ1n) is 11.4. The van der Waals surface area contributed by atoms with E-state index in [9.17, 15) is 9.18 Å². The van der Waals surface area contributed by atoms with Crippen LogP contribution in [0.4, 0.5) is 4.39 Å². The first kappa shape index (κ1) is 22.0. The molecule has 2 aliphatic carbocycles. The second-order valence-corrected chi connectivity index (χ2v) is 8.56. The van der Waals surface area contributed by atoms with Crippen molar-refractivity contribution in [2.45, 2.75) is 50.7 Å². The second-order valence-electron chi connectivity index (χ2n) is 8.56. The monoisotopic (exact) mass is 425 g/mol. The van der Waals surface area contributed by atoms with Crippen molar-refractivity contribution in [1.82, 2.24) is 4.90 Å². The van der Waals surface area contributed by atoms with Gasteiger partial charge in [0, 0.05) is 19.6 Å². The molecule has 0 saturated carbocycles. The fourth-order valence-corrected chi connectivity index (χ4v) is 4.77. The molecule has 4 rings (SSSR count). The maximum Gasteiger partial charge on any atom is 0.337 e. The molecule has 4 nitrogen and oxygen atoms in total. The quantitative estimate of drug-likeness (QED) is 0.583. The number of aryl methyl sites for hydroxylation is 1. The lowest BCUT2D eigenvalue weighted by atomic mass is 9.89. The van der Waals surface area contributed by atoms with E-state index in [4.69, 9.17) is 9.47 Å². The van der Waals surface area contributed by atoms with Crippen LogP contribution in [0.5, 0.6) is 0 Å². The summed E-state index contributed by atoms with van der Waals surface area (Å²) in [5.41, 5.74) is 5.50. The molecule has 0 amide bonds. The van der Waals surface area contributed by atoms with Gasteiger partial charge in [0.05, 0.1) is 31.6 Å². The molecule has 0 N–H and O–H groups in total. The van der Waals surface area contributed by atoms with Crippen LogP contribution in [-0.4, -0.2) is 56.5 Å². The molecule has 2 atom stereocenters. The summed E-state index contributed by atoms with van der Waals surface area (Å²) in [4.78, 5) is 14.2. The van der Waals surface area contributed by atoms with E-state index in [0.717, 1.165) is 51.7 Å². The predicted molar refractivity (Wildman–Crippen MR) is 121 cm³/mol. The highest BCUT2D eigenvalue weighted by Gasteiger charge is 2.26. The number of carbonyl (C=O) groups is 1. The molecule has 0 bridgehead atoms. The number of carbonyl (C=O) groups excluding carboxylic acids is 1. The number of methoxy groups -OCH3 is 1. The van der Waals surface area contributed by atoms with Crippen LogP contribution in [0.25, 0.3) is 5.57 Å². The van der Waals surface area contributed by atoms with Gasteiger partial charge in [0.15, 0.2) is 0 Å². The van der Waals surface area contributed by atoms with E-state index in [-0.39, 0.29) is 24.9 Å². The highest BCUT2D eigenvalue weighted by Crippen LogP contribution is 2.34. The van der Waals surface area contributed by atoms with Gasteiger partial charge in [-0.3, -0.25) is 4.39 Å². The van der Waals surface area contributed by atoms with E-state index in [1.807, 2.05) is 12.1 Å².